The maximum Gasteiger partial charge on any atom is 0.416 e. The molecule has 5 N–H and O–H groups in total. The van der Waals surface area contributed by atoms with Gasteiger partial charge in [0.05, 0.1) is 0 Å². The lowest BCUT2D eigenvalue weighted by molar-refractivity contribution is -0.215. The maximum absolute atomic E-state index is 11.6. The van der Waals surface area contributed by atoms with Gasteiger partial charge in [-0.2, -0.15) is 13.2 Å². The van der Waals surface area contributed by atoms with Crippen molar-refractivity contribution in [3.63, 3.8) is 0 Å². The molecule has 0 unspecified atom stereocenters. The third-order valence-corrected chi connectivity index (χ3v) is 1.10. The van der Waals surface area contributed by atoms with Crippen LogP contribution in [-0.2, 0) is 4.79 Å². The molecule has 0 aliphatic carbocycles. The zero-order chi connectivity index (χ0) is 9.94. The normalized spacial score (nSPS) is 17.1. The van der Waals surface area contributed by atoms with Crippen molar-refractivity contribution in [1.82, 2.24) is 5.43 Å². The first-order valence-corrected chi connectivity index (χ1v) is 2.74. The standard InChI is InChI=1S/C4H7F3N2O3/c5-4(6,7)2(10)1(9-8)3(11)12/h1-2,9-10H,8H2,(H,11,12)/t1-,2+/m1/s1. The van der Waals surface area contributed by atoms with Crippen LogP contribution in [0.15, 0.2) is 0 Å². The van der Waals surface area contributed by atoms with Gasteiger partial charge in [-0.15, -0.1) is 0 Å². The van der Waals surface area contributed by atoms with E-state index in [4.69, 9.17) is 10.2 Å². The van der Waals surface area contributed by atoms with Crippen LogP contribution in [0.2, 0.25) is 0 Å². The number of nitrogens with two attached hydrogens (primary N) is 1. The van der Waals surface area contributed by atoms with Crippen molar-refractivity contribution in [3.8, 4) is 0 Å². The van der Waals surface area contributed by atoms with Gasteiger partial charge in [0.15, 0.2) is 12.1 Å². The lowest BCUT2D eigenvalue weighted by atomic mass is 10.1. The van der Waals surface area contributed by atoms with Crippen LogP contribution in [0, 0.1) is 0 Å². The van der Waals surface area contributed by atoms with Gasteiger partial charge in [0, 0.05) is 0 Å². The van der Waals surface area contributed by atoms with Gasteiger partial charge in [-0.3, -0.25) is 10.6 Å². The minimum absolute atomic E-state index is 1.34. The van der Waals surface area contributed by atoms with Gasteiger partial charge in [-0.25, -0.2) is 5.43 Å². The van der Waals surface area contributed by atoms with Crippen LogP contribution in [0.5, 0.6) is 0 Å². The number of aliphatic hydroxyl groups excluding tert-OH is 1. The van der Waals surface area contributed by atoms with Crippen molar-refractivity contribution in [1.29, 1.82) is 0 Å². The number of nitrogens with one attached hydrogen (secondary N) is 1. The van der Waals surface area contributed by atoms with E-state index in [1.54, 1.807) is 0 Å². The van der Waals surface area contributed by atoms with Gasteiger partial charge in [0.1, 0.15) is 0 Å². The molecule has 0 heterocycles. The molecule has 0 aliphatic rings. The smallest absolute Gasteiger partial charge is 0.416 e. The predicted molar refractivity (Wildman–Crippen MR) is 30.8 cm³/mol. The molecule has 0 aromatic rings. The van der Waals surface area contributed by atoms with Crippen molar-refractivity contribution in [2.24, 2.45) is 5.84 Å². The lowest BCUT2D eigenvalue weighted by Gasteiger charge is -2.20. The molecule has 8 heteroatoms. The molecule has 0 saturated heterocycles. The molecule has 0 rings (SSSR count). The quantitative estimate of drug-likeness (QED) is 0.330. The number of carboxylic acids is 1. The van der Waals surface area contributed by atoms with E-state index in [0.717, 1.165) is 0 Å². The average molecular weight is 188 g/mol. The molecule has 5 nitrogen and oxygen atoms in total. The molecule has 0 aliphatic heterocycles. The molecule has 0 saturated carbocycles. The van der Waals surface area contributed by atoms with Crippen molar-refractivity contribution in [3.05, 3.63) is 0 Å². The van der Waals surface area contributed by atoms with Crippen LogP contribution in [0.4, 0.5) is 13.2 Å². The number of halogens is 3. The van der Waals surface area contributed by atoms with Gasteiger partial charge in [-0.05, 0) is 0 Å². The number of aliphatic hydroxyl groups is 1. The van der Waals surface area contributed by atoms with Crippen LogP contribution in [0.3, 0.4) is 0 Å². The summed E-state index contributed by atoms with van der Waals surface area (Å²) in [5, 5.41) is 16.5. The molecule has 0 aromatic heterocycles. The van der Waals surface area contributed by atoms with E-state index in [9.17, 15) is 18.0 Å². The van der Waals surface area contributed by atoms with Gasteiger partial charge >= 0.3 is 12.1 Å². The molecule has 0 aromatic carbocycles. The SMILES string of the molecule is NN[C@@H](C(=O)O)[C@H](O)C(F)(F)F. The zero-order valence-corrected chi connectivity index (χ0v) is 5.67. The van der Waals surface area contributed by atoms with E-state index < -0.39 is 24.3 Å². The fraction of sp³-hybridized carbons (Fsp3) is 0.750. The first kappa shape index (κ1) is 11.1. The predicted octanol–water partition coefficient (Wildman–Crippen LogP) is -1.17. The van der Waals surface area contributed by atoms with Gasteiger partial charge in [0.2, 0.25) is 0 Å². The highest BCUT2D eigenvalue weighted by Crippen LogP contribution is 2.22. The van der Waals surface area contributed by atoms with E-state index >= 15 is 0 Å². The number of rotatable bonds is 3. The fourth-order valence-corrected chi connectivity index (χ4v) is 0.486. The largest absolute Gasteiger partial charge is 0.480 e. The molecule has 2 atom stereocenters. The fourth-order valence-electron chi connectivity index (χ4n) is 0.486. The Kier molecular flexibility index (Phi) is 3.43. The third-order valence-electron chi connectivity index (χ3n) is 1.10. The van der Waals surface area contributed by atoms with E-state index in [1.165, 1.54) is 5.43 Å². The summed E-state index contributed by atoms with van der Waals surface area (Å²) in [6.45, 7) is 0. The summed E-state index contributed by atoms with van der Waals surface area (Å²) in [5.74, 6) is 2.61. The number of hydrogen-bond donors (Lipinski definition) is 4. The number of alkyl halides is 3. The van der Waals surface area contributed by atoms with Crippen LogP contribution >= 0.6 is 0 Å². The van der Waals surface area contributed by atoms with E-state index in [0.29, 0.717) is 0 Å². The van der Waals surface area contributed by atoms with E-state index in [1.807, 2.05) is 0 Å². The summed E-state index contributed by atoms with van der Waals surface area (Å²) in [4.78, 5) is 10.0. The highest BCUT2D eigenvalue weighted by Gasteiger charge is 2.46. The molecule has 0 fully saturated rings. The number of hydrogen-bond acceptors (Lipinski definition) is 4. The molecule has 12 heavy (non-hydrogen) atoms. The summed E-state index contributed by atoms with van der Waals surface area (Å²) in [7, 11) is 0. The first-order chi connectivity index (χ1) is 5.30. The van der Waals surface area contributed by atoms with Crippen molar-refractivity contribution < 1.29 is 28.2 Å². The van der Waals surface area contributed by atoms with E-state index in [-0.39, 0.29) is 0 Å². The molecule has 72 valence electrons. The monoisotopic (exact) mass is 188 g/mol. The summed E-state index contributed by atoms with van der Waals surface area (Å²) in [5.41, 5.74) is 1.34. The van der Waals surface area contributed by atoms with Crippen LogP contribution in [0.1, 0.15) is 0 Å². The molecular formula is C4H7F3N2O3. The number of carbonyl (C=O) groups is 1. The second kappa shape index (κ2) is 3.70. The Balaban J connectivity index is 4.42. The Bertz CT molecular complexity index is 171. The Hall–Kier alpha value is -0.860. The first-order valence-electron chi connectivity index (χ1n) is 2.74. The Morgan fingerprint density at radius 2 is 1.92 bits per heavy atom. The average Bonchev–Trinajstić information content (AvgIpc) is 1.86. The molecule has 0 amide bonds. The Morgan fingerprint density at radius 3 is 2.00 bits per heavy atom. The van der Waals surface area contributed by atoms with Gasteiger partial charge in [-0.1, -0.05) is 0 Å². The lowest BCUT2D eigenvalue weighted by Crippen LogP contribution is -2.54. The summed E-state index contributed by atoms with van der Waals surface area (Å²) >= 11 is 0. The second-order valence-electron chi connectivity index (χ2n) is 1.97. The zero-order valence-electron chi connectivity index (χ0n) is 5.67. The molecule has 0 radical (unpaired) electrons. The number of carboxylic acid groups (broad SMARTS) is 1. The topological polar surface area (TPSA) is 95.6 Å². The molecule has 0 bridgehead atoms. The second-order valence-corrected chi connectivity index (χ2v) is 1.97. The maximum atomic E-state index is 11.6. The summed E-state index contributed by atoms with van der Waals surface area (Å²) in [6.07, 6.45) is -8.02. The summed E-state index contributed by atoms with van der Waals surface area (Å²) < 4.78 is 34.9. The molecule has 0 spiro atoms. The highest BCUT2D eigenvalue weighted by molar-refractivity contribution is 5.74. The van der Waals surface area contributed by atoms with Gasteiger partial charge in [0.25, 0.3) is 0 Å². The number of hydrazine groups is 1. The summed E-state index contributed by atoms with van der Waals surface area (Å²) in [6, 6.07) is -2.25. The van der Waals surface area contributed by atoms with Crippen LogP contribution in [-0.4, -0.2) is 34.5 Å². The van der Waals surface area contributed by atoms with Crippen molar-refractivity contribution in [2.75, 3.05) is 0 Å². The molecular weight excluding hydrogens is 181 g/mol. The highest BCUT2D eigenvalue weighted by atomic mass is 19.4. The Labute approximate surface area is 64.9 Å². The van der Waals surface area contributed by atoms with Crippen LogP contribution in [0.25, 0.3) is 0 Å². The minimum atomic E-state index is -5.00. The van der Waals surface area contributed by atoms with Crippen molar-refractivity contribution >= 4 is 5.97 Å². The minimum Gasteiger partial charge on any atom is -0.480 e. The van der Waals surface area contributed by atoms with Crippen LogP contribution < -0.4 is 11.3 Å². The van der Waals surface area contributed by atoms with E-state index in [2.05, 4.69) is 5.84 Å². The Morgan fingerprint density at radius 1 is 1.50 bits per heavy atom. The van der Waals surface area contributed by atoms with Crippen molar-refractivity contribution in [2.45, 2.75) is 18.3 Å². The van der Waals surface area contributed by atoms with Gasteiger partial charge < -0.3 is 10.2 Å². The third kappa shape index (κ3) is 2.64. The number of aliphatic carboxylic acids is 1.